The number of nitrogens with one attached hydrogen (secondary N) is 1. The van der Waals surface area contributed by atoms with Crippen molar-refractivity contribution in [1.29, 1.82) is 0 Å². The van der Waals surface area contributed by atoms with Crippen LogP contribution in [-0.2, 0) is 19.5 Å². The molecule has 0 aliphatic carbocycles. The molecule has 1 aliphatic rings. The fourth-order valence-electron chi connectivity index (χ4n) is 3.33. The third-order valence-electron chi connectivity index (χ3n) is 4.67. The van der Waals surface area contributed by atoms with E-state index < -0.39 is 0 Å². The lowest BCUT2D eigenvalue weighted by atomic mass is 9.99. The van der Waals surface area contributed by atoms with Crippen LogP contribution < -0.4 is 5.32 Å². The lowest BCUT2D eigenvalue weighted by molar-refractivity contribution is 0.102. The molecule has 1 aliphatic heterocycles. The summed E-state index contributed by atoms with van der Waals surface area (Å²) >= 11 is 1.87. The lowest BCUT2D eigenvalue weighted by Gasteiger charge is -2.28. The Kier molecular flexibility index (Phi) is 4.82. The molecule has 26 heavy (non-hydrogen) atoms. The average molecular weight is 363 g/mol. The predicted molar refractivity (Wildman–Crippen MR) is 106 cm³/mol. The minimum Gasteiger partial charge on any atom is -0.322 e. The molecule has 0 radical (unpaired) electrons. The first-order valence-electron chi connectivity index (χ1n) is 8.78. The molecule has 3 heterocycles. The van der Waals surface area contributed by atoms with Crippen LogP contribution in [0.25, 0.3) is 0 Å². The number of nitrogens with zero attached hydrogens (tertiary/aromatic N) is 2. The highest BCUT2D eigenvalue weighted by Crippen LogP contribution is 2.25. The molecule has 132 valence electrons. The van der Waals surface area contributed by atoms with Gasteiger partial charge in [-0.25, -0.2) is 0 Å². The zero-order valence-electron chi connectivity index (χ0n) is 14.7. The van der Waals surface area contributed by atoms with Gasteiger partial charge in [0.25, 0.3) is 5.91 Å². The van der Waals surface area contributed by atoms with Crippen molar-refractivity contribution in [3.8, 4) is 0 Å². The molecular weight excluding hydrogens is 342 g/mol. The highest BCUT2D eigenvalue weighted by atomic mass is 32.1. The second-order valence-electron chi connectivity index (χ2n) is 6.65. The molecule has 1 amide bonds. The van der Waals surface area contributed by atoms with E-state index in [1.807, 2.05) is 17.4 Å². The van der Waals surface area contributed by atoms with Gasteiger partial charge >= 0.3 is 0 Å². The summed E-state index contributed by atoms with van der Waals surface area (Å²) in [5.41, 5.74) is 4.15. The topological polar surface area (TPSA) is 45.2 Å². The summed E-state index contributed by atoms with van der Waals surface area (Å²) in [6, 6.07) is 14.1. The highest BCUT2D eigenvalue weighted by Gasteiger charge is 2.18. The van der Waals surface area contributed by atoms with Crippen LogP contribution in [0.15, 0.2) is 54.9 Å². The summed E-state index contributed by atoms with van der Waals surface area (Å²) in [7, 11) is 0. The monoisotopic (exact) mass is 363 g/mol. The van der Waals surface area contributed by atoms with Crippen molar-refractivity contribution in [3.63, 3.8) is 0 Å². The smallest absolute Gasteiger partial charge is 0.255 e. The van der Waals surface area contributed by atoms with Crippen LogP contribution >= 0.6 is 11.3 Å². The van der Waals surface area contributed by atoms with E-state index >= 15 is 0 Å². The summed E-state index contributed by atoms with van der Waals surface area (Å²) in [6.07, 6.45) is 4.32. The molecule has 0 atom stereocenters. The SMILES string of the molecule is Cc1ccc(CN2CCc3ccc(NC(=O)c4ccncc4)cc3C2)s1. The van der Waals surface area contributed by atoms with Crippen LogP contribution in [0, 0.1) is 6.92 Å². The van der Waals surface area contributed by atoms with Gasteiger partial charge in [0.05, 0.1) is 0 Å². The number of carbonyl (C=O) groups excluding carboxylic acids is 1. The number of pyridine rings is 1. The van der Waals surface area contributed by atoms with Crippen LogP contribution in [0.3, 0.4) is 0 Å². The number of benzene rings is 1. The number of amides is 1. The number of aromatic nitrogens is 1. The molecular formula is C21H21N3OS. The molecule has 0 unspecified atom stereocenters. The Balaban J connectivity index is 1.46. The zero-order valence-corrected chi connectivity index (χ0v) is 15.6. The predicted octanol–water partition coefficient (Wildman–Crippen LogP) is 4.26. The van der Waals surface area contributed by atoms with Crippen LogP contribution in [0.5, 0.6) is 0 Å². The van der Waals surface area contributed by atoms with E-state index in [4.69, 9.17) is 0 Å². The van der Waals surface area contributed by atoms with E-state index in [1.165, 1.54) is 20.9 Å². The summed E-state index contributed by atoms with van der Waals surface area (Å²) in [5, 5.41) is 2.99. The zero-order chi connectivity index (χ0) is 17.9. The molecule has 0 saturated heterocycles. The highest BCUT2D eigenvalue weighted by molar-refractivity contribution is 7.11. The molecule has 5 heteroatoms. The Morgan fingerprint density at radius 3 is 2.77 bits per heavy atom. The number of carbonyl (C=O) groups is 1. The molecule has 1 aromatic carbocycles. The number of aryl methyl sites for hydroxylation is 1. The summed E-state index contributed by atoms with van der Waals surface area (Å²) in [6.45, 7) is 5.14. The van der Waals surface area contributed by atoms with Gasteiger partial charge in [-0.15, -0.1) is 11.3 Å². The fourth-order valence-corrected chi connectivity index (χ4v) is 4.26. The van der Waals surface area contributed by atoms with Gasteiger partial charge in [0.2, 0.25) is 0 Å². The quantitative estimate of drug-likeness (QED) is 0.753. The number of anilines is 1. The van der Waals surface area contributed by atoms with E-state index in [2.05, 4.69) is 46.4 Å². The van der Waals surface area contributed by atoms with E-state index in [-0.39, 0.29) is 5.91 Å². The van der Waals surface area contributed by atoms with E-state index in [9.17, 15) is 4.79 Å². The number of hydrogen-bond acceptors (Lipinski definition) is 4. The summed E-state index contributed by atoms with van der Waals surface area (Å²) in [4.78, 5) is 21.5. The number of rotatable bonds is 4. The molecule has 0 fully saturated rings. The number of hydrogen-bond donors (Lipinski definition) is 1. The summed E-state index contributed by atoms with van der Waals surface area (Å²) < 4.78 is 0. The second kappa shape index (κ2) is 7.40. The van der Waals surface area contributed by atoms with Gasteiger partial charge in [0.1, 0.15) is 0 Å². The maximum atomic E-state index is 12.3. The van der Waals surface area contributed by atoms with Crippen molar-refractivity contribution in [2.24, 2.45) is 0 Å². The lowest BCUT2D eigenvalue weighted by Crippen LogP contribution is -2.29. The number of thiophene rings is 1. The van der Waals surface area contributed by atoms with E-state index in [0.29, 0.717) is 5.56 Å². The Morgan fingerprint density at radius 1 is 1.15 bits per heavy atom. The third-order valence-corrected chi connectivity index (χ3v) is 5.66. The van der Waals surface area contributed by atoms with Crippen molar-refractivity contribution < 1.29 is 4.79 Å². The van der Waals surface area contributed by atoms with Gasteiger partial charge in [-0.3, -0.25) is 14.7 Å². The molecule has 0 spiro atoms. The third kappa shape index (κ3) is 3.84. The Bertz CT molecular complexity index is 920. The van der Waals surface area contributed by atoms with Gasteiger partial charge < -0.3 is 5.32 Å². The Morgan fingerprint density at radius 2 is 2.00 bits per heavy atom. The van der Waals surface area contributed by atoms with Gasteiger partial charge in [0.15, 0.2) is 0 Å². The van der Waals surface area contributed by atoms with Crippen molar-refractivity contribution in [1.82, 2.24) is 9.88 Å². The van der Waals surface area contributed by atoms with Gasteiger partial charge in [-0.2, -0.15) is 0 Å². The molecule has 0 bridgehead atoms. The normalized spacial score (nSPS) is 14.0. The van der Waals surface area contributed by atoms with E-state index in [1.54, 1.807) is 24.5 Å². The summed E-state index contributed by atoms with van der Waals surface area (Å²) in [5.74, 6) is -0.103. The second-order valence-corrected chi connectivity index (χ2v) is 8.02. The van der Waals surface area contributed by atoms with Crippen molar-refractivity contribution in [2.45, 2.75) is 26.4 Å². The fraction of sp³-hybridized carbons (Fsp3) is 0.238. The molecule has 2 aromatic heterocycles. The average Bonchev–Trinajstić information content (AvgIpc) is 3.07. The Labute approximate surface area is 157 Å². The molecule has 3 aromatic rings. The van der Waals surface area contributed by atoms with Crippen molar-refractivity contribution in [3.05, 3.63) is 81.3 Å². The number of fused-ring (bicyclic) bond motifs is 1. The largest absolute Gasteiger partial charge is 0.322 e. The van der Waals surface area contributed by atoms with Gasteiger partial charge in [-0.05, 0) is 60.9 Å². The maximum Gasteiger partial charge on any atom is 0.255 e. The molecule has 4 rings (SSSR count). The standard InChI is InChI=1S/C21H21N3OS/c1-15-2-5-20(26-15)14-24-11-8-16-3-4-19(12-18(16)13-24)23-21(25)17-6-9-22-10-7-17/h2-7,9-10,12H,8,11,13-14H2,1H3,(H,23,25). The van der Waals surface area contributed by atoms with Crippen LogP contribution in [0.1, 0.15) is 31.2 Å². The minimum absolute atomic E-state index is 0.103. The first kappa shape index (κ1) is 16.9. The molecule has 1 N–H and O–H groups in total. The first-order chi connectivity index (χ1) is 12.7. The van der Waals surface area contributed by atoms with E-state index in [0.717, 1.165) is 31.7 Å². The Hall–Kier alpha value is -2.50. The van der Waals surface area contributed by atoms with Gasteiger partial charge in [0, 0.05) is 53.0 Å². The molecule has 4 nitrogen and oxygen atoms in total. The van der Waals surface area contributed by atoms with Crippen LogP contribution in [0.2, 0.25) is 0 Å². The minimum atomic E-state index is -0.103. The maximum absolute atomic E-state index is 12.3. The molecule has 0 saturated carbocycles. The first-order valence-corrected chi connectivity index (χ1v) is 9.60. The van der Waals surface area contributed by atoms with Crippen molar-refractivity contribution >= 4 is 22.9 Å². The van der Waals surface area contributed by atoms with Crippen LogP contribution in [0.4, 0.5) is 5.69 Å². The van der Waals surface area contributed by atoms with Crippen LogP contribution in [-0.4, -0.2) is 22.3 Å². The van der Waals surface area contributed by atoms with Crippen molar-refractivity contribution in [2.75, 3.05) is 11.9 Å². The van der Waals surface area contributed by atoms with Gasteiger partial charge in [-0.1, -0.05) is 6.07 Å².